The van der Waals surface area contributed by atoms with Crippen molar-refractivity contribution in [1.29, 1.82) is 0 Å². The average molecular weight is 652 g/mol. The van der Waals surface area contributed by atoms with Gasteiger partial charge in [-0.05, 0) is 0 Å². The normalized spacial score (nSPS) is 9.72. The first-order valence-corrected chi connectivity index (χ1v) is 6.23. The van der Waals surface area contributed by atoms with Gasteiger partial charge < -0.3 is 69.6 Å². The molecule has 0 aliphatic rings. The molecule has 0 spiro atoms. The first kappa shape index (κ1) is 38.9. The van der Waals surface area contributed by atoms with Crippen LogP contribution in [0.4, 0.5) is 0 Å². The summed E-state index contributed by atoms with van der Waals surface area (Å²) in [6, 6.07) is 0. The quantitative estimate of drug-likeness (QED) is 0.222. The van der Waals surface area contributed by atoms with Crippen LogP contribution < -0.4 is 30.6 Å². The van der Waals surface area contributed by atoms with Crippen LogP contribution in [0.25, 0.3) is 0 Å². The van der Waals surface area contributed by atoms with Crippen molar-refractivity contribution in [3.8, 4) is 0 Å². The summed E-state index contributed by atoms with van der Waals surface area (Å²) >= 11 is 0. The summed E-state index contributed by atoms with van der Waals surface area (Å²) < 4.78 is 0. The molecule has 29 heavy (non-hydrogen) atoms. The first-order valence-electron chi connectivity index (χ1n) is 6.23. The number of hydrogen-bond donors (Lipinski definition) is 2. The molecule has 0 saturated heterocycles. The van der Waals surface area contributed by atoms with Crippen molar-refractivity contribution in [2.45, 2.75) is 36.9 Å². The predicted octanol–water partition coefficient (Wildman–Crippen LogP) is -10.5. The molecular formula is C12H10O14Zr3. The summed E-state index contributed by atoms with van der Waals surface area (Å²) in [5.41, 5.74) is -5.95. The molecule has 17 heteroatoms. The van der Waals surface area contributed by atoms with E-state index >= 15 is 0 Å². The molecule has 0 aromatic rings. The third-order valence-corrected chi connectivity index (χ3v) is 2.51. The van der Waals surface area contributed by atoms with Gasteiger partial charge in [-0.15, -0.1) is 0 Å². The monoisotopic (exact) mass is 648 g/mol. The minimum Gasteiger partial charge on any atom is -0.550 e. The van der Waals surface area contributed by atoms with E-state index in [4.69, 9.17) is 10.2 Å². The Bertz CT molecular complexity index is 521. The molecule has 0 aromatic heterocycles. The second-order valence-corrected chi connectivity index (χ2v) is 4.83. The zero-order chi connectivity index (χ0) is 21.3. The minimum absolute atomic E-state index is 0. The largest absolute Gasteiger partial charge is 2.00 e. The molecule has 14 nitrogen and oxygen atoms in total. The number of hydrogen-bond acceptors (Lipinski definition) is 14. The fourth-order valence-corrected chi connectivity index (χ4v) is 1.37. The van der Waals surface area contributed by atoms with Gasteiger partial charge in [-0.25, -0.2) is 0 Å². The molecule has 0 rings (SSSR count). The van der Waals surface area contributed by atoms with E-state index in [1.165, 1.54) is 0 Å². The standard InChI is InChI=1S/2C6H8O7.3Zr/c2*7-3(8)1-6(13,5(11)12)2-4(9)10;;;/h2*13H,1-2H2,(H,7,8)(H,9,10)(H,11,12);;;/q;;3*+2/p-6. The van der Waals surface area contributed by atoms with Gasteiger partial charge in [-0.3, -0.25) is 0 Å². The second kappa shape index (κ2) is 17.1. The van der Waals surface area contributed by atoms with Gasteiger partial charge in [0.25, 0.3) is 0 Å². The molecule has 0 aliphatic carbocycles. The molecule has 0 aromatic carbocycles. The van der Waals surface area contributed by atoms with E-state index in [9.17, 15) is 59.4 Å². The van der Waals surface area contributed by atoms with E-state index in [0.29, 0.717) is 0 Å². The van der Waals surface area contributed by atoms with Gasteiger partial charge in [0.15, 0.2) is 0 Å². The zero-order valence-corrected chi connectivity index (χ0v) is 21.5. The molecule has 154 valence electrons. The molecular weight excluding hydrogens is 642 g/mol. The zero-order valence-electron chi connectivity index (χ0n) is 14.1. The second-order valence-electron chi connectivity index (χ2n) is 4.83. The van der Waals surface area contributed by atoms with E-state index in [1.807, 2.05) is 0 Å². The molecule has 0 bridgehead atoms. The molecule has 0 heterocycles. The van der Waals surface area contributed by atoms with Crippen LogP contribution in [0.2, 0.25) is 0 Å². The van der Waals surface area contributed by atoms with Crippen LogP contribution >= 0.6 is 0 Å². The maximum absolute atomic E-state index is 10.1. The molecule has 0 radical (unpaired) electrons. The van der Waals surface area contributed by atoms with Gasteiger partial charge in [-0.1, -0.05) is 0 Å². The van der Waals surface area contributed by atoms with Gasteiger partial charge in [0.05, 0.1) is 11.9 Å². The van der Waals surface area contributed by atoms with Crippen LogP contribution in [-0.2, 0) is 107 Å². The van der Waals surface area contributed by atoms with Crippen molar-refractivity contribution in [1.82, 2.24) is 0 Å². The molecule has 0 saturated carbocycles. The van der Waals surface area contributed by atoms with Crippen molar-refractivity contribution in [3.63, 3.8) is 0 Å². The molecule has 0 fully saturated rings. The first-order chi connectivity index (χ1) is 11.6. The van der Waals surface area contributed by atoms with Crippen LogP contribution in [0, 0.1) is 0 Å². The van der Waals surface area contributed by atoms with Crippen LogP contribution in [0.3, 0.4) is 0 Å². The van der Waals surface area contributed by atoms with Crippen LogP contribution in [0.5, 0.6) is 0 Å². The van der Waals surface area contributed by atoms with Crippen molar-refractivity contribution in [2.24, 2.45) is 0 Å². The molecule has 0 atom stereocenters. The summed E-state index contributed by atoms with van der Waals surface area (Å²) in [7, 11) is 0. The van der Waals surface area contributed by atoms with E-state index in [0.717, 1.165) is 0 Å². The average Bonchev–Trinajstić information content (AvgIpc) is 2.34. The van der Waals surface area contributed by atoms with Gasteiger partial charge in [0, 0.05) is 49.6 Å². The smallest absolute Gasteiger partial charge is 0.550 e. The molecule has 0 amide bonds. The summed E-state index contributed by atoms with van der Waals surface area (Å²) in [5, 5.41) is 77.9. The van der Waals surface area contributed by atoms with E-state index in [1.54, 1.807) is 0 Å². The summed E-state index contributed by atoms with van der Waals surface area (Å²) in [6.07, 6.45) is -5.43. The number of aliphatic carboxylic acids is 6. The van der Waals surface area contributed by atoms with Crippen molar-refractivity contribution >= 4 is 35.8 Å². The maximum Gasteiger partial charge on any atom is 2.00 e. The van der Waals surface area contributed by atoms with Gasteiger partial charge in [0.1, 0.15) is 11.2 Å². The fraction of sp³-hybridized carbons (Fsp3) is 0.500. The number of carbonyl (C=O) groups excluding carboxylic acids is 6. The Morgan fingerprint density at radius 2 is 0.621 bits per heavy atom. The van der Waals surface area contributed by atoms with Gasteiger partial charge in [-0.2, -0.15) is 0 Å². The predicted molar refractivity (Wildman–Crippen MR) is 58.4 cm³/mol. The van der Waals surface area contributed by atoms with Crippen molar-refractivity contribution < 1.29 is 148 Å². The molecule has 0 aliphatic heterocycles. The Morgan fingerprint density at radius 3 is 0.690 bits per heavy atom. The molecule has 0 unspecified atom stereocenters. The third-order valence-electron chi connectivity index (χ3n) is 2.51. The summed E-state index contributed by atoms with van der Waals surface area (Å²) in [6.45, 7) is 0. The van der Waals surface area contributed by atoms with Crippen LogP contribution in [-0.4, -0.2) is 57.2 Å². The number of rotatable bonds is 10. The Hall–Kier alpha value is -0.611. The Balaban J connectivity index is -0.000000120. The number of aliphatic hydroxyl groups is 2. The number of carboxylic acids is 6. The van der Waals surface area contributed by atoms with E-state index in [-0.39, 0.29) is 78.6 Å². The van der Waals surface area contributed by atoms with Gasteiger partial charge in [0.2, 0.25) is 0 Å². The van der Waals surface area contributed by atoms with Crippen molar-refractivity contribution in [2.75, 3.05) is 0 Å². The Kier molecular flexibility index (Phi) is 23.0. The topological polar surface area (TPSA) is 281 Å². The number of carbonyl (C=O) groups is 6. The summed E-state index contributed by atoms with van der Waals surface area (Å²) in [5.74, 6) is -12.0. The van der Waals surface area contributed by atoms with Crippen LogP contribution in [0.1, 0.15) is 25.7 Å². The van der Waals surface area contributed by atoms with E-state index < -0.39 is 72.7 Å². The Labute approximate surface area is 219 Å². The van der Waals surface area contributed by atoms with Crippen LogP contribution in [0.15, 0.2) is 0 Å². The minimum atomic E-state index is -2.97. The third kappa shape index (κ3) is 17.9. The Morgan fingerprint density at radius 1 is 0.483 bits per heavy atom. The molecule has 2 N–H and O–H groups in total. The number of carboxylic acid groups (broad SMARTS) is 6. The maximum atomic E-state index is 10.1. The fourth-order valence-electron chi connectivity index (χ4n) is 1.37. The summed E-state index contributed by atoms with van der Waals surface area (Å²) in [4.78, 5) is 60.0. The van der Waals surface area contributed by atoms with Crippen molar-refractivity contribution in [3.05, 3.63) is 0 Å². The van der Waals surface area contributed by atoms with E-state index in [2.05, 4.69) is 0 Å². The van der Waals surface area contributed by atoms with Gasteiger partial charge >= 0.3 is 78.6 Å². The SMILES string of the molecule is O=C([O-])CC(O)(CC(=O)[O-])C(=O)[O-].O=C([O-])CC(O)(CC(=O)[O-])C(=O)[O-].[Zr+2].[Zr+2].[Zr+2].